The summed E-state index contributed by atoms with van der Waals surface area (Å²) in [5.74, 6) is -5.03. The molecule has 0 spiro atoms. The Morgan fingerprint density at radius 3 is 2.09 bits per heavy atom. The van der Waals surface area contributed by atoms with Crippen molar-refractivity contribution >= 4 is 57.2 Å². The van der Waals surface area contributed by atoms with E-state index in [0.29, 0.717) is 0 Å². The largest absolute Gasteiger partial charge is 0.417 e. The van der Waals surface area contributed by atoms with Crippen LogP contribution in [0, 0.1) is 5.92 Å². The van der Waals surface area contributed by atoms with E-state index in [1.165, 1.54) is 0 Å². The predicted molar refractivity (Wildman–Crippen MR) is 121 cm³/mol. The van der Waals surface area contributed by atoms with Crippen molar-refractivity contribution in [1.82, 2.24) is 0 Å². The number of allylic oxidation sites excluding steroid dienone is 1. The van der Waals surface area contributed by atoms with Gasteiger partial charge in [-0.1, -0.05) is 46.9 Å². The van der Waals surface area contributed by atoms with Crippen LogP contribution in [0.5, 0.6) is 0 Å². The highest BCUT2D eigenvalue weighted by atomic mass is 35.5. The Morgan fingerprint density at radius 2 is 1.60 bits per heavy atom. The van der Waals surface area contributed by atoms with E-state index in [1.807, 2.05) is 0 Å². The second-order valence-electron chi connectivity index (χ2n) is 7.86. The zero-order valence-electron chi connectivity index (χ0n) is 17.2. The van der Waals surface area contributed by atoms with Crippen molar-refractivity contribution in [3.05, 3.63) is 73.7 Å². The smallest absolute Gasteiger partial charge is 0.294 e. The number of rotatable bonds is 6. The lowest BCUT2D eigenvalue weighted by Crippen LogP contribution is -2.33. The number of carbonyl (C=O) groups is 1. The molecule has 2 nitrogen and oxygen atoms in total. The first-order valence-electron chi connectivity index (χ1n) is 9.76. The molecule has 1 aliphatic rings. The highest BCUT2D eigenvalue weighted by Crippen LogP contribution is 2.43. The van der Waals surface area contributed by atoms with Crippen LogP contribution < -0.4 is 0 Å². The van der Waals surface area contributed by atoms with Gasteiger partial charge in [-0.3, -0.25) is 9.00 Å². The molecular formula is C22H14Cl3F7O2S. The summed E-state index contributed by atoms with van der Waals surface area (Å²) in [4.78, 5) is 12.4. The topological polar surface area (TPSA) is 34.1 Å². The number of halogens is 10. The molecule has 190 valence electrons. The van der Waals surface area contributed by atoms with Crippen LogP contribution in [-0.4, -0.2) is 27.7 Å². The number of hydrogen-bond donors (Lipinski definition) is 0. The predicted octanol–water partition coefficient (Wildman–Crippen LogP) is 8.27. The fourth-order valence-corrected chi connectivity index (χ4v) is 5.32. The summed E-state index contributed by atoms with van der Waals surface area (Å²) in [6.07, 6.45) is -10.3. The van der Waals surface area contributed by atoms with Crippen molar-refractivity contribution in [1.29, 1.82) is 0 Å². The number of alkyl halides is 6. The summed E-state index contributed by atoms with van der Waals surface area (Å²) in [5.41, 5.74) is -3.60. The van der Waals surface area contributed by atoms with Crippen molar-refractivity contribution in [3.63, 3.8) is 0 Å². The fourth-order valence-electron chi connectivity index (χ4n) is 3.51. The molecule has 0 aliphatic carbocycles. The molecule has 2 aromatic rings. The molecule has 1 atom stereocenters. The third-order valence-corrected chi connectivity index (χ3v) is 8.13. The fraction of sp³-hybridized carbons (Fsp3) is 0.318. The van der Waals surface area contributed by atoms with Gasteiger partial charge < -0.3 is 0 Å². The Kier molecular flexibility index (Phi) is 8.30. The number of carbonyl (C=O) groups excluding carboxylic acids is 1. The van der Waals surface area contributed by atoms with E-state index in [4.69, 9.17) is 34.8 Å². The Balaban J connectivity index is 2.01. The quantitative estimate of drug-likeness (QED) is 0.195. The molecule has 1 fully saturated rings. The number of Topliss-reactive ketones (excluding diaryl/α,β-unsaturated/α-hetero) is 1. The summed E-state index contributed by atoms with van der Waals surface area (Å²) in [7, 11) is -1.11. The zero-order chi connectivity index (χ0) is 26.3. The normalized spacial score (nSPS) is 19.9. The lowest BCUT2D eigenvalue weighted by Gasteiger charge is -2.24. The molecule has 0 N–H and O–H groups in total. The Hall–Kier alpha value is -1.62. The van der Waals surface area contributed by atoms with Crippen molar-refractivity contribution in [3.8, 4) is 0 Å². The second-order valence-corrected chi connectivity index (χ2v) is 10.6. The van der Waals surface area contributed by atoms with Crippen LogP contribution in [0.1, 0.15) is 39.4 Å². The first-order chi connectivity index (χ1) is 16.1. The number of ketones is 1. The Bertz CT molecular complexity index is 1180. The SMILES string of the molecule is O=C(CC1CS(=O)C1)c1ccc(/C(F)=C/C(c2cc(Cl)c(Cl)c(Cl)c2)C(F)(F)F)cc1C(F)(F)F. The van der Waals surface area contributed by atoms with E-state index in [0.717, 1.165) is 24.3 Å². The minimum Gasteiger partial charge on any atom is -0.294 e. The van der Waals surface area contributed by atoms with Crippen molar-refractivity contribution < 1.29 is 39.7 Å². The van der Waals surface area contributed by atoms with Gasteiger partial charge in [0.25, 0.3) is 0 Å². The molecule has 1 heterocycles. The summed E-state index contributed by atoms with van der Waals surface area (Å²) in [5, 5.41) is -0.866. The van der Waals surface area contributed by atoms with E-state index in [1.54, 1.807) is 0 Å². The molecule has 0 saturated carbocycles. The van der Waals surface area contributed by atoms with Crippen LogP contribution >= 0.6 is 34.8 Å². The molecule has 0 bridgehead atoms. The van der Waals surface area contributed by atoms with Crippen LogP contribution in [0.3, 0.4) is 0 Å². The average molecular weight is 582 g/mol. The van der Waals surface area contributed by atoms with E-state index in [9.17, 15) is 39.7 Å². The van der Waals surface area contributed by atoms with E-state index in [2.05, 4.69) is 0 Å². The minimum absolute atomic E-state index is 0.0938. The number of benzene rings is 2. The van der Waals surface area contributed by atoms with Crippen LogP contribution in [0.15, 0.2) is 36.4 Å². The molecule has 0 aromatic heterocycles. The molecule has 1 saturated heterocycles. The van der Waals surface area contributed by atoms with Gasteiger partial charge in [0.2, 0.25) is 0 Å². The van der Waals surface area contributed by atoms with Gasteiger partial charge in [-0.05, 0) is 35.8 Å². The maximum Gasteiger partial charge on any atom is 0.417 e. The van der Waals surface area contributed by atoms with Crippen LogP contribution in [0.2, 0.25) is 15.1 Å². The Morgan fingerprint density at radius 1 is 1.03 bits per heavy atom. The molecule has 1 aliphatic heterocycles. The highest BCUT2D eigenvalue weighted by Gasteiger charge is 2.41. The van der Waals surface area contributed by atoms with Crippen LogP contribution in [0.25, 0.3) is 5.83 Å². The monoisotopic (exact) mass is 580 g/mol. The van der Waals surface area contributed by atoms with Gasteiger partial charge in [-0.2, -0.15) is 26.3 Å². The average Bonchev–Trinajstić information content (AvgIpc) is 2.72. The Labute approximate surface area is 212 Å². The molecule has 35 heavy (non-hydrogen) atoms. The highest BCUT2D eigenvalue weighted by molar-refractivity contribution is 7.86. The van der Waals surface area contributed by atoms with Gasteiger partial charge >= 0.3 is 12.4 Å². The van der Waals surface area contributed by atoms with Gasteiger partial charge in [-0.25, -0.2) is 4.39 Å². The van der Waals surface area contributed by atoms with E-state index < -0.39 is 62.9 Å². The van der Waals surface area contributed by atoms with Crippen molar-refractivity contribution in [2.45, 2.75) is 24.7 Å². The molecule has 0 radical (unpaired) electrons. The lowest BCUT2D eigenvalue weighted by molar-refractivity contribution is -0.140. The zero-order valence-corrected chi connectivity index (χ0v) is 20.3. The molecular weight excluding hydrogens is 568 g/mol. The maximum absolute atomic E-state index is 14.9. The molecule has 3 rings (SSSR count). The van der Waals surface area contributed by atoms with Gasteiger partial charge in [0.15, 0.2) is 5.78 Å². The van der Waals surface area contributed by atoms with E-state index >= 15 is 0 Å². The molecule has 2 aromatic carbocycles. The van der Waals surface area contributed by atoms with E-state index in [-0.39, 0.29) is 51.1 Å². The maximum atomic E-state index is 14.9. The molecule has 1 unspecified atom stereocenters. The summed E-state index contributed by atoms with van der Waals surface area (Å²) in [6, 6.07) is 3.46. The van der Waals surface area contributed by atoms with Gasteiger partial charge in [0.05, 0.1) is 20.6 Å². The van der Waals surface area contributed by atoms with Gasteiger partial charge in [0.1, 0.15) is 11.7 Å². The van der Waals surface area contributed by atoms with Crippen molar-refractivity contribution in [2.75, 3.05) is 11.5 Å². The standard InChI is InChI=1S/C22H14Cl3F7O2S/c23-16-5-12(6-17(24)20(16)25)14(21(27,28)29)7-18(26)11-1-2-13(15(4-11)22(30,31)32)19(33)3-10-8-35(34)9-10/h1-2,4-7,10,14H,3,8-9H2/b18-7-. The molecule has 0 amide bonds. The molecule has 13 heteroatoms. The third-order valence-electron chi connectivity index (χ3n) is 5.25. The summed E-state index contributed by atoms with van der Waals surface area (Å²) < 4.78 is 108. The first-order valence-corrected chi connectivity index (χ1v) is 12.4. The first kappa shape index (κ1) is 28.0. The van der Waals surface area contributed by atoms with Crippen LogP contribution in [-0.2, 0) is 17.0 Å². The van der Waals surface area contributed by atoms with Crippen LogP contribution in [0.4, 0.5) is 30.7 Å². The summed E-state index contributed by atoms with van der Waals surface area (Å²) >= 11 is 17.3. The summed E-state index contributed by atoms with van der Waals surface area (Å²) in [6.45, 7) is 0. The lowest BCUT2D eigenvalue weighted by atomic mass is 9.93. The number of hydrogen-bond acceptors (Lipinski definition) is 2. The van der Waals surface area contributed by atoms with Gasteiger partial charge in [0, 0.05) is 39.9 Å². The van der Waals surface area contributed by atoms with Gasteiger partial charge in [-0.15, -0.1) is 0 Å². The minimum atomic E-state index is -5.08. The van der Waals surface area contributed by atoms with Crippen molar-refractivity contribution in [2.24, 2.45) is 5.92 Å². The third kappa shape index (κ3) is 6.58. The second kappa shape index (κ2) is 10.4.